The van der Waals surface area contributed by atoms with Gasteiger partial charge in [-0.25, -0.2) is 0 Å². The van der Waals surface area contributed by atoms with Gasteiger partial charge in [0.1, 0.15) is 11.9 Å². The fraction of sp³-hybridized carbons (Fsp3) is 0.692. The summed E-state index contributed by atoms with van der Waals surface area (Å²) in [4.78, 5) is 38.9. The zero-order chi connectivity index (χ0) is 26.0. The van der Waals surface area contributed by atoms with E-state index in [-0.39, 0.29) is 54.5 Å². The molecule has 4 rings (SSSR count). The van der Waals surface area contributed by atoms with Gasteiger partial charge in [0, 0.05) is 42.8 Å². The summed E-state index contributed by atoms with van der Waals surface area (Å²) in [7, 11) is -1.18. The Bertz CT molecular complexity index is 948. The molecule has 3 heterocycles. The molecule has 1 aromatic rings. The van der Waals surface area contributed by atoms with Crippen LogP contribution in [-0.2, 0) is 14.3 Å². The SMILES string of the molecule is CO[C@@H]1c2cc(NC(=O)[C@H]3CCCN3)ccc2O[C@H](C(CC(=O)N2CCC[C@H]2CO)[Si](C)(C)O)[C@H]1C. The molecule has 10 heteroatoms. The van der Waals surface area contributed by atoms with Crippen molar-refractivity contribution in [2.24, 2.45) is 5.92 Å². The maximum absolute atomic E-state index is 13.3. The first kappa shape index (κ1) is 27.1. The Morgan fingerprint density at radius 1 is 1.31 bits per heavy atom. The number of aliphatic hydroxyl groups excluding tert-OH is 1. The summed E-state index contributed by atoms with van der Waals surface area (Å²) in [5.41, 5.74) is 1.19. The van der Waals surface area contributed by atoms with Crippen molar-refractivity contribution in [1.29, 1.82) is 0 Å². The zero-order valence-corrected chi connectivity index (χ0v) is 22.8. The van der Waals surface area contributed by atoms with Gasteiger partial charge in [-0.15, -0.1) is 0 Å². The molecule has 0 saturated carbocycles. The number of aliphatic hydroxyl groups is 1. The van der Waals surface area contributed by atoms with Crippen molar-refractivity contribution in [2.75, 3.05) is 32.1 Å². The lowest BCUT2D eigenvalue weighted by Crippen LogP contribution is -2.50. The number of benzene rings is 1. The van der Waals surface area contributed by atoms with E-state index in [0.29, 0.717) is 18.0 Å². The number of fused-ring (bicyclic) bond motifs is 1. The molecule has 2 saturated heterocycles. The predicted molar refractivity (Wildman–Crippen MR) is 139 cm³/mol. The zero-order valence-electron chi connectivity index (χ0n) is 21.8. The van der Waals surface area contributed by atoms with E-state index in [1.54, 1.807) is 12.0 Å². The summed E-state index contributed by atoms with van der Waals surface area (Å²) in [6.07, 6.45) is 2.96. The number of anilines is 1. The number of hydrogen-bond donors (Lipinski definition) is 4. The molecular weight excluding hydrogens is 478 g/mol. The van der Waals surface area contributed by atoms with E-state index < -0.39 is 14.4 Å². The number of carbonyl (C=O) groups excluding carboxylic acids is 2. The molecule has 1 unspecified atom stereocenters. The quantitative estimate of drug-likeness (QED) is 0.389. The molecule has 1 aromatic carbocycles. The second-order valence-electron chi connectivity index (χ2n) is 11.0. The van der Waals surface area contributed by atoms with Crippen LogP contribution < -0.4 is 15.4 Å². The summed E-state index contributed by atoms with van der Waals surface area (Å²) in [6.45, 7) is 7.18. The van der Waals surface area contributed by atoms with Crippen LogP contribution in [0.5, 0.6) is 5.75 Å². The van der Waals surface area contributed by atoms with Crippen molar-refractivity contribution in [1.82, 2.24) is 10.2 Å². The van der Waals surface area contributed by atoms with E-state index in [2.05, 4.69) is 10.6 Å². The standard InChI is InChI=1S/C26H41N3O6Si/c1-16-24(34-2)19-13-17(28-26(32)20-8-5-11-27-20)9-10-21(19)35-25(16)22(36(3,4)33)14-23(31)29-12-6-7-18(29)15-30/h9-10,13,16,18,20,22,24-25,27,30,33H,5-8,11-12,14-15H2,1-4H3,(H,28,32)/t16-,18-,20+,22?,24-,25-/m0/s1. The Morgan fingerprint density at radius 3 is 2.72 bits per heavy atom. The minimum atomic E-state index is -2.83. The molecule has 3 aliphatic heterocycles. The Hall–Kier alpha value is -1.98. The molecular formula is C26H41N3O6Si. The topological polar surface area (TPSA) is 120 Å². The first-order valence-electron chi connectivity index (χ1n) is 13.1. The van der Waals surface area contributed by atoms with E-state index in [4.69, 9.17) is 9.47 Å². The van der Waals surface area contributed by atoms with Gasteiger partial charge in [-0.1, -0.05) is 6.92 Å². The number of rotatable bonds is 8. The molecule has 200 valence electrons. The summed E-state index contributed by atoms with van der Waals surface area (Å²) in [6, 6.07) is 5.25. The van der Waals surface area contributed by atoms with Crippen LogP contribution in [0.1, 0.15) is 50.7 Å². The van der Waals surface area contributed by atoms with Crippen LogP contribution in [0.2, 0.25) is 18.6 Å². The van der Waals surface area contributed by atoms with Gasteiger partial charge in [0.15, 0.2) is 8.32 Å². The minimum absolute atomic E-state index is 0.0402. The van der Waals surface area contributed by atoms with E-state index >= 15 is 0 Å². The van der Waals surface area contributed by atoms with Gasteiger partial charge in [-0.05, 0) is 63.5 Å². The molecule has 2 fully saturated rings. The molecule has 4 N–H and O–H groups in total. The lowest BCUT2D eigenvalue weighted by Gasteiger charge is -2.44. The first-order chi connectivity index (χ1) is 17.1. The van der Waals surface area contributed by atoms with Crippen molar-refractivity contribution in [3.63, 3.8) is 0 Å². The molecule has 0 spiro atoms. The normalized spacial score (nSPS) is 28.9. The summed E-state index contributed by atoms with van der Waals surface area (Å²) in [5, 5.41) is 15.9. The third-order valence-corrected chi connectivity index (χ3v) is 10.4. The number of hydrogen-bond acceptors (Lipinski definition) is 7. The Balaban J connectivity index is 1.55. The number of ether oxygens (including phenoxy) is 2. The monoisotopic (exact) mass is 519 g/mol. The molecule has 6 atom stereocenters. The first-order valence-corrected chi connectivity index (χ1v) is 16.2. The molecule has 2 amide bonds. The van der Waals surface area contributed by atoms with Gasteiger partial charge in [-0.3, -0.25) is 9.59 Å². The third kappa shape index (κ3) is 5.62. The van der Waals surface area contributed by atoms with Gasteiger partial charge < -0.3 is 34.9 Å². The van der Waals surface area contributed by atoms with E-state index in [9.17, 15) is 19.5 Å². The number of nitrogens with zero attached hydrogens (tertiary/aromatic N) is 1. The summed E-state index contributed by atoms with van der Waals surface area (Å²) < 4.78 is 12.4. The van der Waals surface area contributed by atoms with Crippen molar-refractivity contribution in [3.8, 4) is 5.75 Å². The smallest absolute Gasteiger partial charge is 0.241 e. The second-order valence-corrected chi connectivity index (χ2v) is 15.1. The van der Waals surface area contributed by atoms with Gasteiger partial charge >= 0.3 is 0 Å². The number of carbonyl (C=O) groups is 2. The maximum Gasteiger partial charge on any atom is 0.241 e. The van der Waals surface area contributed by atoms with Crippen molar-refractivity contribution in [3.05, 3.63) is 23.8 Å². The molecule has 3 aliphatic rings. The Kier molecular flexibility index (Phi) is 8.41. The van der Waals surface area contributed by atoms with Crippen LogP contribution in [0.15, 0.2) is 18.2 Å². The highest BCUT2D eigenvalue weighted by atomic mass is 28.4. The average Bonchev–Trinajstić information content (AvgIpc) is 3.54. The number of methoxy groups -OCH3 is 1. The van der Waals surface area contributed by atoms with Crippen LogP contribution >= 0.6 is 0 Å². The lowest BCUT2D eigenvalue weighted by molar-refractivity contribution is -0.133. The molecule has 0 bridgehead atoms. The third-order valence-electron chi connectivity index (χ3n) is 8.08. The maximum atomic E-state index is 13.3. The highest BCUT2D eigenvalue weighted by Crippen LogP contribution is 2.47. The number of nitrogens with one attached hydrogen (secondary N) is 2. The molecule has 36 heavy (non-hydrogen) atoms. The van der Waals surface area contributed by atoms with Crippen LogP contribution in [0.3, 0.4) is 0 Å². The summed E-state index contributed by atoms with van der Waals surface area (Å²) in [5.74, 6) is 0.431. The van der Waals surface area contributed by atoms with Crippen LogP contribution in [0, 0.1) is 5.92 Å². The molecule has 0 radical (unpaired) electrons. The molecule has 0 aliphatic carbocycles. The van der Waals surface area contributed by atoms with E-state index in [0.717, 1.165) is 37.8 Å². The van der Waals surface area contributed by atoms with Crippen LogP contribution in [0.25, 0.3) is 0 Å². The fourth-order valence-corrected chi connectivity index (χ4v) is 7.87. The molecule has 0 aromatic heterocycles. The van der Waals surface area contributed by atoms with Crippen LogP contribution in [-0.4, -0.2) is 79.9 Å². The highest BCUT2D eigenvalue weighted by Gasteiger charge is 2.48. The van der Waals surface area contributed by atoms with E-state index in [1.807, 2.05) is 38.2 Å². The Labute approximate surface area is 214 Å². The summed E-state index contributed by atoms with van der Waals surface area (Å²) >= 11 is 0. The minimum Gasteiger partial charge on any atom is -0.490 e. The second kappa shape index (κ2) is 11.2. The fourth-order valence-electron chi connectivity index (χ4n) is 6.02. The van der Waals surface area contributed by atoms with Gasteiger partial charge in [0.2, 0.25) is 11.8 Å². The van der Waals surface area contributed by atoms with Crippen molar-refractivity contribution >= 4 is 25.8 Å². The van der Waals surface area contributed by atoms with Gasteiger partial charge in [0.05, 0.1) is 24.8 Å². The Morgan fingerprint density at radius 2 is 2.08 bits per heavy atom. The largest absolute Gasteiger partial charge is 0.490 e. The predicted octanol–water partition coefficient (Wildman–Crippen LogP) is 2.40. The molecule has 9 nitrogen and oxygen atoms in total. The highest BCUT2D eigenvalue weighted by molar-refractivity contribution is 6.71. The number of amides is 2. The van der Waals surface area contributed by atoms with Gasteiger partial charge in [0.25, 0.3) is 0 Å². The number of likely N-dealkylation sites (tertiary alicyclic amines) is 1. The van der Waals surface area contributed by atoms with Crippen molar-refractivity contribution in [2.45, 2.75) is 82.0 Å². The van der Waals surface area contributed by atoms with Crippen LogP contribution in [0.4, 0.5) is 5.69 Å². The average molecular weight is 520 g/mol. The lowest BCUT2D eigenvalue weighted by atomic mass is 9.86. The van der Waals surface area contributed by atoms with Gasteiger partial charge in [-0.2, -0.15) is 0 Å². The van der Waals surface area contributed by atoms with E-state index in [1.165, 1.54) is 0 Å². The van der Waals surface area contributed by atoms with Crippen molar-refractivity contribution < 1.29 is 29.0 Å².